The molecule has 100 valence electrons. The monoisotopic (exact) mass is 250 g/mol. The van der Waals surface area contributed by atoms with Gasteiger partial charge in [0, 0.05) is 20.2 Å². The highest BCUT2D eigenvalue weighted by atomic mass is 16.5. The van der Waals surface area contributed by atoms with Crippen LogP contribution < -0.4 is 5.32 Å². The molecule has 1 fully saturated rings. The SMILES string of the molecule is CCC(C)(OC)c1nnc2n1CCNC2C1CC1. The van der Waals surface area contributed by atoms with Gasteiger partial charge in [0.1, 0.15) is 5.60 Å². The lowest BCUT2D eigenvalue weighted by atomic mass is 10.0. The number of nitrogens with one attached hydrogen (secondary N) is 1. The van der Waals surface area contributed by atoms with Gasteiger partial charge in [0.05, 0.1) is 6.04 Å². The number of ether oxygens (including phenoxy) is 1. The van der Waals surface area contributed by atoms with Gasteiger partial charge >= 0.3 is 0 Å². The highest BCUT2D eigenvalue weighted by Gasteiger charge is 2.40. The molecule has 1 aromatic rings. The molecular weight excluding hydrogens is 228 g/mol. The number of rotatable bonds is 4. The van der Waals surface area contributed by atoms with Crippen LogP contribution >= 0.6 is 0 Å². The maximum Gasteiger partial charge on any atom is 0.165 e. The molecule has 5 heteroatoms. The fraction of sp³-hybridized carbons (Fsp3) is 0.846. The predicted molar refractivity (Wildman–Crippen MR) is 68.1 cm³/mol. The Balaban J connectivity index is 1.98. The maximum atomic E-state index is 5.67. The van der Waals surface area contributed by atoms with Gasteiger partial charge in [-0.3, -0.25) is 0 Å². The number of hydrogen-bond acceptors (Lipinski definition) is 4. The van der Waals surface area contributed by atoms with E-state index in [1.54, 1.807) is 7.11 Å². The highest BCUT2D eigenvalue weighted by molar-refractivity contribution is 5.12. The van der Waals surface area contributed by atoms with Crippen molar-refractivity contribution in [3.8, 4) is 0 Å². The summed E-state index contributed by atoms with van der Waals surface area (Å²) in [5.41, 5.74) is -0.323. The van der Waals surface area contributed by atoms with Crippen LogP contribution in [0.4, 0.5) is 0 Å². The van der Waals surface area contributed by atoms with Crippen molar-refractivity contribution in [2.75, 3.05) is 13.7 Å². The minimum absolute atomic E-state index is 0.323. The molecule has 3 rings (SSSR count). The first kappa shape index (κ1) is 12.1. The van der Waals surface area contributed by atoms with Crippen molar-refractivity contribution >= 4 is 0 Å². The zero-order chi connectivity index (χ0) is 12.8. The smallest absolute Gasteiger partial charge is 0.165 e. The lowest BCUT2D eigenvalue weighted by Crippen LogP contribution is -2.38. The van der Waals surface area contributed by atoms with E-state index in [1.165, 1.54) is 12.8 Å². The van der Waals surface area contributed by atoms with Gasteiger partial charge in [0.15, 0.2) is 11.6 Å². The Kier molecular flexibility index (Phi) is 2.90. The van der Waals surface area contributed by atoms with Crippen LogP contribution in [0.2, 0.25) is 0 Å². The standard InChI is InChI=1S/C13H22N4O/c1-4-13(2,18-3)12-16-15-11-10(9-5-6-9)14-7-8-17(11)12/h9-10,14H,4-8H2,1-3H3. The molecule has 1 aliphatic carbocycles. The lowest BCUT2D eigenvalue weighted by Gasteiger charge is -2.30. The van der Waals surface area contributed by atoms with Gasteiger partial charge in [-0.15, -0.1) is 10.2 Å². The molecule has 1 aliphatic heterocycles. The molecule has 0 saturated heterocycles. The predicted octanol–water partition coefficient (Wildman–Crippen LogP) is 1.60. The molecule has 0 spiro atoms. The molecule has 0 aromatic carbocycles. The van der Waals surface area contributed by atoms with Gasteiger partial charge in [-0.25, -0.2) is 0 Å². The van der Waals surface area contributed by atoms with Gasteiger partial charge in [0.2, 0.25) is 0 Å². The van der Waals surface area contributed by atoms with E-state index in [4.69, 9.17) is 4.74 Å². The molecule has 2 aliphatic rings. The summed E-state index contributed by atoms with van der Waals surface area (Å²) in [5.74, 6) is 2.85. The Bertz CT molecular complexity index is 434. The number of aromatic nitrogens is 3. The first-order valence-corrected chi connectivity index (χ1v) is 6.91. The molecule has 1 saturated carbocycles. The molecule has 0 radical (unpaired) electrons. The Hall–Kier alpha value is -0.940. The quantitative estimate of drug-likeness (QED) is 0.882. The number of hydrogen-bond donors (Lipinski definition) is 1. The number of nitrogens with zero attached hydrogens (tertiary/aromatic N) is 3. The molecular formula is C13H22N4O. The number of fused-ring (bicyclic) bond motifs is 1. The summed E-state index contributed by atoms with van der Waals surface area (Å²) in [6.45, 7) is 6.17. The minimum atomic E-state index is -0.323. The second kappa shape index (κ2) is 4.31. The molecule has 0 amide bonds. The lowest BCUT2D eigenvalue weighted by molar-refractivity contribution is -0.0126. The summed E-state index contributed by atoms with van der Waals surface area (Å²) in [7, 11) is 1.75. The van der Waals surface area contributed by atoms with E-state index in [0.717, 1.165) is 37.1 Å². The average molecular weight is 250 g/mol. The van der Waals surface area contributed by atoms with Crippen molar-refractivity contribution in [3.63, 3.8) is 0 Å². The van der Waals surface area contributed by atoms with Crippen LogP contribution in [0.1, 0.15) is 50.8 Å². The topological polar surface area (TPSA) is 52.0 Å². The van der Waals surface area contributed by atoms with Crippen LogP contribution in [-0.4, -0.2) is 28.4 Å². The van der Waals surface area contributed by atoms with Gasteiger partial charge in [-0.2, -0.15) is 0 Å². The van der Waals surface area contributed by atoms with Crippen LogP contribution in [0.5, 0.6) is 0 Å². The van der Waals surface area contributed by atoms with E-state index in [9.17, 15) is 0 Å². The van der Waals surface area contributed by atoms with Gasteiger partial charge < -0.3 is 14.6 Å². The summed E-state index contributed by atoms with van der Waals surface area (Å²) in [4.78, 5) is 0. The second-order valence-corrected chi connectivity index (χ2v) is 5.59. The summed E-state index contributed by atoms with van der Waals surface area (Å²) in [6.07, 6.45) is 3.54. The third-order valence-electron chi connectivity index (χ3n) is 4.45. The summed E-state index contributed by atoms with van der Waals surface area (Å²) < 4.78 is 7.94. The van der Waals surface area contributed by atoms with Crippen LogP contribution in [-0.2, 0) is 16.9 Å². The van der Waals surface area contributed by atoms with Gasteiger partial charge in [-0.1, -0.05) is 6.92 Å². The highest BCUT2D eigenvalue weighted by Crippen LogP contribution is 2.42. The van der Waals surface area contributed by atoms with E-state index in [0.29, 0.717) is 6.04 Å². The van der Waals surface area contributed by atoms with E-state index < -0.39 is 0 Å². The van der Waals surface area contributed by atoms with Crippen molar-refractivity contribution in [3.05, 3.63) is 11.6 Å². The molecule has 5 nitrogen and oxygen atoms in total. The third kappa shape index (κ3) is 1.77. The summed E-state index contributed by atoms with van der Waals surface area (Å²) >= 11 is 0. The average Bonchev–Trinajstić information content (AvgIpc) is 3.16. The van der Waals surface area contributed by atoms with Crippen molar-refractivity contribution in [2.24, 2.45) is 5.92 Å². The normalized spacial score (nSPS) is 26.7. The van der Waals surface area contributed by atoms with Crippen LogP contribution in [0, 0.1) is 5.92 Å². The fourth-order valence-electron chi connectivity index (χ4n) is 2.78. The van der Waals surface area contributed by atoms with E-state index in [2.05, 4.69) is 33.9 Å². The molecule has 1 N–H and O–H groups in total. The minimum Gasteiger partial charge on any atom is -0.371 e. The Labute approximate surface area is 108 Å². The van der Waals surface area contributed by atoms with Crippen LogP contribution in [0.3, 0.4) is 0 Å². The van der Waals surface area contributed by atoms with Gasteiger partial charge in [-0.05, 0) is 32.1 Å². The Morgan fingerprint density at radius 3 is 2.83 bits per heavy atom. The second-order valence-electron chi connectivity index (χ2n) is 5.59. The molecule has 1 aromatic heterocycles. The Morgan fingerprint density at radius 2 is 2.22 bits per heavy atom. The molecule has 2 unspecified atom stereocenters. The maximum absolute atomic E-state index is 5.67. The van der Waals surface area contributed by atoms with Crippen molar-refractivity contribution < 1.29 is 4.74 Å². The third-order valence-corrected chi connectivity index (χ3v) is 4.45. The molecule has 0 bridgehead atoms. The number of methoxy groups -OCH3 is 1. The van der Waals surface area contributed by atoms with Crippen LogP contribution in [0.25, 0.3) is 0 Å². The van der Waals surface area contributed by atoms with Crippen LogP contribution in [0.15, 0.2) is 0 Å². The summed E-state index contributed by atoms with van der Waals surface area (Å²) in [5, 5.41) is 12.4. The molecule has 18 heavy (non-hydrogen) atoms. The zero-order valence-corrected chi connectivity index (χ0v) is 11.4. The Morgan fingerprint density at radius 1 is 1.44 bits per heavy atom. The van der Waals surface area contributed by atoms with Crippen molar-refractivity contribution in [2.45, 2.75) is 51.3 Å². The fourth-order valence-corrected chi connectivity index (χ4v) is 2.78. The van der Waals surface area contributed by atoms with E-state index >= 15 is 0 Å². The largest absolute Gasteiger partial charge is 0.371 e. The first-order valence-electron chi connectivity index (χ1n) is 6.91. The summed E-state index contributed by atoms with van der Waals surface area (Å²) in [6, 6.07) is 0.401. The molecule has 2 atom stereocenters. The van der Waals surface area contributed by atoms with Crippen molar-refractivity contribution in [1.82, 2.24) is 20.1 Å². The molecule has 2 heterocycles. The van der Waals surface area contributed by atoms with Crippen molar-refractivity contribution in [1.29, 1.82) is 0 Å². The van der Waals surface area contributed by atoms with Gasteiger partial charge in [0.25, 0.3) is 0 Å². The van der Waals surface area contributed by atoms with E-state index in [-0.39, 0.29) is 5.60 Å². The van der Waals surface area contributed by atoms with E-state index in [1.807, 2.05) is 0 Å². The zero-order valence-electron chi connectivity index (χ0n) is 11.4. The first-order chi connectivity index (χ1) is 8.69.